The second-order valence-corrected chi connectivity index (χ2v) is 6.13. The molecule has 1 aromatic rings. The maximum Gasteiger partial charge on any atom is 0.238 e. The quantitative estimate of drug-likeness (QED) is 0.641. The van der Waals surface area contributed by atoms with Crippen LogP contribution in [-0.4, -0.2) is 40.9 Å². The van der Waals surface area contributed by atoms with Crippen LogP contribution < -0.4 is 10.6 Å². The molecule has 0 radical (unpaired) electrons. The van der Waals surface area contributed by atoms with E-state index in [1.807, 2.05) is 38.1 Å². The van der Waals surface area contributed by atoms with Crippen LogP contribution >= 0.6 is 0 Å². The summed E-state index contributed by atoms with van der Waals surface area (Å²) in [5.41, 5.74) is 1.09. The zero-order valence-corrected chi connectivity index (χ0v) is 12.6. The Hall–Kier alpha value is -1.43. The number of hydrogen-bond acceptors (Lipinski definition) is 4. The van der Waals surface area contributed by atoms with Crippen LogP contribution in [-0.2, 0) is 17.8 Å². The molecule has 2 rings (SSSR count). The molecule has 0 fully saturated rings. The third-order valence-electron chi connectivity index (χ3n) is 4.10. The highest BCUT2D eigenvalue weighted by Gasteiger charge is 2.36. The number of aliphatic hydroxyl groups excluding tert-OH is 2. The summed E-state index contributed by atoms with van der Waals surface area (Å²) in [7, 11) is 0. The number of aliphatic hydroxyl groups is 2. The molecule has 1 heterocycles. The van der Waals surface area contributed by atoms with E-state index in [4.69, 9.17) is 0 Å². The number of benzene rings is 1. The van der Waals surface area contributed by atoms with E-state index < -0.39 is 5.54 Å². The fourth-order valence-corrected chi connectivity index (χ4v) is 2.74. The lowest BCUT2D eigenvalue weighted by Crippen LogP contribution is -2.60. The lowest BCUT2D eigenvalue weighted by Gasteiger charge is -2.33. The summed E-state index contributed by atoms with van der Waals surface area (Å²) >= 11 is 0. The van der Waals surface area contributed by atoms with Gasteiger partial charge in [0.1, 0.15) is 0 Å². The SMILES string of the molecule is CC(C)[C@@H]1NCc2ccccc2CC(CO)(CO)NC1=O. The zero-order valence-electron chi connectivity index (χ0n) is 12.6. The largest absolute Gasteiger partial charge is 0.394 e. The molecule has 4 N–H and O–H groups in total. The molecule has 21 heavy (non-hydrogen) atoms. The first-order valence-corrected chi connectivity index (χ1v) is 7.35. The molecule has 1 aliphatic heterocycles. The lowest BCUT2D eigenvalue weighted by molar-refractivity contribution is -0.127. The fraction of sp³-hybridized carbons (Fsp3) is 0.562. The monoisotopic (exact) mass is 292 g/mol. The van der Waals surface area contributed by atoms with Crippen molar-refractivity contribution in [3.63, 3.8) is 0 Å². The molecule has 0 aliphatic carbocycles. The molecule has 0 unspecified atom stereocenters. The van der Waals surface area contributed by atoms with Crippen LogP contribution in [0.4, 0.5) is 0 Å². The first-order valence-electron chi connectivity index (χ1n) is 7.35. The summed E-state index contributed by atoms with van der Waals surface area (Å²) in [5.74, 6) is -0.0637. The summed E-state index contributed by atoms with van der Waals surface area (Å²) in [4.78, 5) is 12.4. The predicted molar refractivity (Wildman–Crippen MR) is 80.7 cm³/mol. The smallest absolute Gasteiger partial charge is 0.238 e. The van der Waals surface area contributed by atoms with Crippen LogP contribution in [0.25, 0.3) is 0 Å². The van der Waals surface area contributed by atoms with Crippen molar-refractivity contribution in [1.29, 1.82) is 0 Å². The molecule has 0 saturated heterocycles. The molecule has 0 saturated carbocycles. The molecule has 1 amide bonds. The van der Waals surface area contributed by atoms with Crippen LogP contribution in [0.3, 0.4) is 0 Å². The highest BCUT2D eigenvalue weighted by molar-refractivity contribution is 5.83. The molecule has 5 heteroatoms. The molecule has 1 atom stereocenters. The van der Waals surface area contributed by atoms with Crippen molar-refractivity contribution in [3.05, 3.63) is 35.4 Å². The van der Waals surface area contributed by atoms with Crippen LogP contribution in [0, 0.1) is 5.92 Å². The Labute approximate surface area is 125 Å². The van der Waals surface area contributed by atoms with Crippen LogP contribution in [0.5, 0.6) is 0 Å². The maximum atomic E-state index is 12.4. The molecular weight excluding hydrogens is 268 g/mol. The van der Waals surface area contributed by atoms with Gasteiger partial charge in [0.25, 0.3) is 0 Å². The Balaban J connectivity index is 2.42. The van der Waals surface area contributed by atoms with E-state index >= 15 is 0 Å². The van der Waals surface area contributed by atoms with E-state index in [-0.39, 0.29) is 31.1 Å². The van der Waals surface area contributed by atoms with Gasteiger partial charge in [-0.05, 0) is 17.0 Å². The number of carbonyl (C=O) groups excluding carboxylic acids is 1. The van der Waals surface area contributed by atoms with Gasteiger partial charge in [0, 0.05) is 13.0 Å². The topological polar surface area (TPSA) is 81.6 Å². The maximum absolute atomic E-state index is 12.4. The summed E-state index contributed by atoms with van der Waals surface area (Å²) in [6.45, 7) is 3.95. The first-order chi connectivity index (χ1) is 10.0. The Morgan fingerprint density at radius 1 is 1.24 bits per heavy atom. The van der Waals surface area contributed by atoms with Gasteiger partial charge in [-0.25, -0.2) is 0 Å². The van der Waals surface area contributed by atoms with Gasteiger partial charge in [0.2, 0.25) is 5.91 Å². The summed E-state index contributed by atoms with van der Waals surface area (Å²) < 4.78 is 0. The molecule has 1 aromatic carbocycles. The Bertz CT molecular complexity index is 498. The van der Waals surface area contributed by atoms with Crippen molar-refractivity contribution in [2.24, 2.45) is 5.92 Å². The second-order valence-electron chi connectivity index (χ2n) is 6.13. The normalized spacial score (nSPS) is 22.0. The zero-order chi connectivity index (χ0) is 15.5. The minimum Gasteiger partial charge on any atom is -0.394 e. The molecule has 1 aliphatic rings. The number of carbonyl (C=O) groups is 1. The average Bonchev–Trinajstić information content (AvgIpc) is 2.53. The van der Waals surface area contributed by atoms with Crippen molar-refractivity contribution < 1.29 is 15.0 Å². The van der Waals surface area contributed by atoms with E-state index in [2.05, 4.69) is 10.6 Å². The third kappa shape index (κ3) is 3.43. The van der Waals surface area contributed by atoms with E-state index in [1.165, 1.54) is 0 Å². The second kappa shape index (κ2) is 6.56. The average molecular weight is 292 g/mol. The van der Waals surface area contributed by atoms with Crippen molar-refractivity contribution in [2.75, 3.05) is 13.2 Å². The van der Waals surface area contributed by atoms with Gasteiger partial charge in [0.05, 0.1) is 24.8 Å². The standard InChI is InChI=1S/C16H24N2O3/c1-11(2)14-15(21)18-16(9-19,10-20)7-12-5-3-4-6-13(12)8-17-14/h3-6,11,14,17,19-20H,7-10H2,1-2H3,(H,18,21)/t14-/m0/s1. The van der Waals surface area contributed by atoms with Crippen LogP contribution in [0.15, 0.2) is 24.3 Å². The molecule has 0 aromatic heterocycles. The van der Waals surface area contributed by atoms with Crippen LogP contribution in [0.2, 0.25) is 0 Å². The van der Waals surface area contributed by atoms with Crippen LogP contribution in [0.1, 0.15) is 25.0 Å². The van der Waals surface area contributed by atoms with E-state index in [1.54, 1.807) is 0 Å². The highest BCUT2D eigenvalue weighted by atomic mass is 16.3. The Morgan fingerprint density at radius 3 is 2.43 bits per heavy atom. The van der Waals surface area contributed by atoms with Gasteiger partial charge in [-0.15, -0.1) is 0 Å². The van der Waals surface area contributed by atoms with E-state index in [9.17, 15) is 15.0 Å². The molecule has 5 nitrogen and oxygen atoms in total. The molecule has 0 spiro atoms. The number of nitrogens with one attached hydrogen (secondary N) is 2. The van der Waals surface area contributed by atoms with Gasteiger partial charge >= 0.3 is 0 Å². The minimum absolute atomic E-state index is 0.116. The molecule has 116 valence electrons. The van der Waals surface area contributed by atoms with Gasteiger partial charge in [0.15, 0.2) is 0 Å². The first kappa shape index (κ1) is 15.9. The fourth-order valence-electron chi connectivity index (χ4n) is 2.74. The lowest BCUT2D eigenvalue weighted by atomic mass is 9.89. The van der Waals surface area contributed by atoms with Crippen molar-refractivity contribution >= 4 is 5.91 Å². The van der Waals surface area contributed by atoms with Gasteiger partial charge in [-0.1, -0.05) is 38.1 Å². The van der Waals surface area contributed by atoms with Crippen molar-refractivity contribution in [3.8, 4) is 0 Å². The minimum atomic E-state index is -1.02. The Morgan fingerprint density at radius 2 is 1.86 bits per heavy atom. The predicted octanol–water partition coefficient (Wildman–Crippen LogP) is 0.196. The van der Waals surface area contributed by atoms with Crippen molar-refractivity contribution in [1.82, 2.24) is 10.6 Å². The number of fused-ring (bicyclic) bond motifs is 1. The highest BCUT2D eigenvalue weighted by Crippen LogP contribution is 2.20. The number of rotatable bonds is 3. The summed E-state index contributed by atoms with van der Waals surface area (Å²) in [6, 6.07) is 7.51. The molecular formula is C16H24N2O3. The van der Waals surface area contributed by atoms with Crippen molar-refractivity contribution in [2.45, 2.75) is 38.4 Å². The molecule has 0 bridgehead atoms. The van der Waals surface area contributed by atoms with Gasteiger partial charge < -0.3 is 20.8 Å². The Kier molecular flexibility index (Phi) is 4.98. The number of hydrogen-bond donors (Lipinski definition) is 4. The van der Waals surface area contributed by atoms with E-state index in [0.717, 1.165) is 11.1 Å². The number of amides is 1. The summed E-state index contributed by atoms with van der Waals surface area (Å²) in [6.07, 6.45) is 0.411. The third-order valence-corrected chi connectivity index (χ3v) is 4.10. The van der Waals surface area contributed by atoms with Gasteiger partial charge in [-0.3, -0.25) is 4.79 Å². The van der Waals surface area contributed by atoms with E-state index in [0.29, 0.717) is 13.0 Å². The van der Waals surface area contributed by atoms with Gasteiger partial charge in [-0.2, -0.15) is 0 Å². The summed E-state index contributed by atoms with van der Waals surface area (Å²) in [5, 5.41) is 25.6.